The van der Waals surface area contributed by atoms with E-state index in [4.69, 9.17) is 0 Å². The molecule has 3 N–H and O–H groups in total. The Kier molecular flexibility index (Phi) is 6.81. The van der Waals surface area contributed by atoms with E-state index in [1.165, 1.54) is 6.07 Å². The van der Waals surface area contributed by atoms with Crippen molar-refractivity contribution >= 4 is 23.5 Å². The number of benzene rings is 1. The highest BCUT2D eigenvalue weighted by Gasteiger charge is 2.28. The molecular weight excluding hydrogens is 358 g/mol. The molecule has 0 bridgehead atoms. The van der Waals surface area contributed by atoms with Crippen LogP contribution < -0.4 is 10.6 Å². The zero-order valence-electron chi connectivity index (χ0n) is 15.9. The second-order valence-electron chi connectivity index (χ2n) is 7.41. The zero-order valence-corrected chi connectivity index (χ0v) is 15.9. The lowest BCUT2D eigenvalue weighted by atomic mass is 9.96. The van der Waals surface area contributed by atoms with Crippen LogP contribution in [0.4, 0.5) is 5.69 Å². The number of nitrogens with zero attached hydrogens (tertiary/aromatic N) is 1. The van der Waals surface area contributed by atoms with E-state index in [2.05, 4.69) is 10.6 Å². The second kappa shape index (κ2) is 9.50. The summed E-state index contributed by atoms with van der Waals surface area (Å²) >= 11 is 0. The normalized spacial score (nSPS) is 20.9. The summed E-state index contributed by atoms with van der Waals surface area (Å²) in [6, 6.07) is 6.34. The first-order valence-electron chi connectivity index (χ1n) is 9.85. The summed E-state index contributed by atoms with van der Waals surface area (Å²) in [5.41, 5.74) is 0.346. The lowest BCUT2D eigenvalue weighted by Gasteiger charge is -2.31. The monoisotopic (exact) mass is 385 g/mol. The third-order valence-corrected chi connectivity index (χ3v) is 5.41. The first kappa shape index (κ1) is 20.1. The molecule has 0 saturated carbocycles. The summed E-state index contributed by atoms with van der Waals surface area (Å²) < 4.78 is 0. The summed E-state index contributed by atoms with van der Waals surface area (Å²) in [6.45, 7) is 2.96. The Bertz CT molecular complexity index is 756. The molecule has 1 aromatic rings. The molecule has 2 heterocycles. The Morgan fingerprint density at radius 3 is 2.64 bits per heavy atom. The number of carboxylic acids is 1. The van der Waals surface area contributed by atoms with Gasteiger partial charge in [0.15, 0.2) is 0 Å². The van der Waals surface area contributed by atoms with Gasteiger partial charge >= 0.3 is 5.97 Å². The van der Waals surface area contributed by atoms with Gasteiger partial charge in [-0.25, -0.2) is 4.79 Å². The van der Waals surface area contributed by atoms with E-state index < -0.39 is 5.97 Å². The number of para-hydroxylation sites is 1. The molecule has 28 heavy (non-hydrogen) atoms. The number of carboxylic acid groups (broad SMARTS) is 1. The Morgan fingerprint density at radius 2 is 1.89 bits per heavy atom. The molecular formula is C21H27N3O4. The van der Waals surface area contributed by atoms with Crippen molar-refractivity contribution in [1.82, 2.24) is 10.2 Å². The molecule has 2 fully saturated rings. The molecule has 150 valence electrons. The molecule has 1 atom stereocenters. The van der Waals surface area contributed by atoms with Crippen LogP contribution in [0.5, 0.6) is 0 Å². The van der Waals surface area contributed by atoms with E-state index in [1.54, 1.807) is 29.2 Å². The maximum Gasteiger partial charge on any atom is 0.337 e. The fourth-order valence-electron chi connectivity index (χ4n) is 3.77. The molecule has 2 saturated heterocycles. The standard InChI is InChI=1S/C21H27N3O4/c25-19(8-7-15-9-11-22-12-10-15)24-13-3-4-16(14-24)20(26)23-18-6-2-1-5-17(18)21(27)28/h1-2,5-8,15-16,22H,3-4,9-14H2,(H,23,26)(H,27,28)/t16-/m1/s1. The fourth-order valence-corrected chi connectivity index (χ4v) is 3.77. The number of amides is 2. The van der Waals surface area contributed by atoms with Crippen molar-refractivity contribution in [3.63, 3.8) is 0 Å². The van der Waals surface area contributed by atoms with E-state index in [0.29, 0.717) is 25.4 Å². The summed E-state index contributed by atoms with van der Waals surface area (Å²) in [4.78, 5) is 38.2. The van der Waals surface area contributed by atoms with E-state index in [9.17, 15) is 19.5 Å². The first-order chi connectivity index (χ1) is 13.5. The molecule has 2 amide bonds. The highest BCUT2D eigenvalue weighted by Crippen LogP contribution is 2.21. The van der Waals surface area contributed by atoms with Gasteiger partial charge in [0.1, 0.15) is 0 Å². The van der Waals surface area contributed by atoms with Gasteiger partial charge in [0, 0.05) is 13.1 Å². The number of likely N-dealkylation sites (tertiary alicyclic amines) is 1. The molecule has 0 unspecified atom stereocenters. The first-order valence-corrected chi connectivity index (χ1v) is 9.85. The van der Waals surface area contributed by atoms with E-state index in [-0.39, 0.29) is 29.0 Å². The van der Waals surface area contributed by atoms with Gasteiger partial charge in [-0.15, -0.1) is 0 Å². The van der Waals surface area contributed by atoms with Crippen LogP contribution in [0.15, 0.2) is 36.4 Å². The fraction of sp³-hybridized carbons (Fsp3) is 0.476. The molecule has 0 aromatic heterocycles. The molecule has 0 radical (unpaired) electrons. The molecule has 0 aliphatic carbocycles. The summed E-state index contributed by atoms with van der Waals surface area (Å²) in [5.74, 6) is -1.29. The van der Waals surface area contributed by atoms with Gasteiger partial charge in [0.2, 0.25) is 11.8 Å². The maximum atomic E-state index is 12.6. The molecule has 2 aliphatic rings. The predicted molar refractivity (Wildman–Crippen MR) is 106 cm³/mol. The lowest BCUT2D eigenvalue weighted by molar-refractivity contribution is -0.130. The predicted octanol–water partition coefficient (Wildman–Crippen LogP) is 2.12. The average molecular weight is 385 g/mol. The van der Waals surface area contributed by atoms with Gasteiger partial charge < -0.3 is 20.6 Å². The van der Waals surface area contributed by atoms with Crippen molar-refractivity contribution in [3.8, 4) is 0 Å². The van der Waals surface area contributed by atoms with Gasteiger partial charge in [-0.2, -0.15) is 0 Å². The Balaban J connectivity index is 1.58. The van der Waals surface area contributed by atoms with E-state index in [1.807, 2.05) is 6.08 Å². The third-order valence-electron chi connectivity index (χ3n) is 5.41. The number of anilines is 1. The van der Waals surface area contributed by atoms with Crippen molar-refractivity contribution in [2.24, 2.45) is 11.8 Å². The SMILES string of the molecule is O=C(O)c1ccccc1NC(=O)[C@@H]1CCCN(C(=O)C=CC2CCNCC2)C1. The lowest BCUT2D eigenvalue weighted by Crippen LogP contribution is -2.43. The molecule has 7 heteroatoms. The minimum Gasteiger partial charge on any atom is -0.478 e. The van der Waals surface area contributed by atoms with Gasteiger partial charge in [-0.05, 0) is 62.9 Å². The highest BCUT2D eigenvalue weighted by molar-refractivity contribution is 6.01. The van der Waals surface area contributed by atoms with Crippen LogP contribution in [-0.4, -0.2) is 54.0 Å². The van der Waals surface area contributed by atoms with Crippen LogP contribution in [0.1, 0.15) is 36.0 Å². The minimum absolute atomic E-state index is 0.0537. The van der Waals surface area contributed by atoms with Crippen LogP contribution >= 0.6 is 0 Å². The second-order valence-corrected chi connectivity index (χ2v) is 7.41. The molecule has 3 rings (SSSR count). The number of hydrogen-bond donors (Lipinski definition) is 3. The number of rotatable bonds is 5. The quantitative estimate of drug-likeness (QED) is 0.675. The van der Waals surface area contributed by atoms with Crippen LogP contribution in [0.2, 0.25) is 0 Å². The van der Waals surface area contributed by atoms with Gasteiger partial charge in [0.25, 0.3) is 0 Å². The average Bonchev–Trinajstić information content (AvgIpc) is 2.73. The van der Waals surface area contributed by atoms with Crippen molar-refractivity contribution in [2.75, 3.05) is 31.5 Å². The number of allylic oxidation sites excluding steroid dienone is 1. The van der Waals surface area contributed by atoms with Crippen molar-refractivity contribution in [1.29, 1.82) is 0 Å². The zero-order chi connectivity index (χ0) is 19.9. The number of aromatic carboxylic acids is 1. The smallest absolute Gasteiger partial charge is 0.337 e. The largest absolute Gasteiger partial charge is 0.478 e. The summed E-state index contributed by atoms with van der Waals surface area (Å²) in [7, 11) is 0. The van der Waals surface area contributed by atoms with E-state index >= 15 is 0 Å². The number of carbonyl (C=O) groups excluding carboxylic acids is 2. The van der Waals surface area contributed by atoms with Crippen molar-refractivity contribution < 1.29 is 19.5 Å². The Labute approximate surface area is 164 Å². The number of hydrogen-bond acceptors (Lipinski definition) is 4. The highest BCUT2D eigenvalue weighted by atomic mass is 16.4. The van der Waals surface area contributed by atoms with Crippen LogP contribution in [0, 0.1) is 11.8 Å². The van der Waals surface area contributed by atoms with Crippen molar-refractivity contribution in [3.05, 3.63) is 42.0 Å². The molecule has 0 spiro atoms. The molecule has 7 nitrogen and oxygen atoms in total. The Hall–Kier alpha value is -2.67. The minimum atomic E-state index is -1.08. The molecule has 1 aromatic carbocycles. The van der Waals surface area contributed by atoms with E-state index in [0.717, 1.165) is 32.4 Å². The van der Waals surface area contributed by atoms with Crippen LogP contribution in [0.3, 0.4) is 0 Å². The maximum absolute atomic E-state index is 12.6. The summed E-state index contributed by atoms with van der Waals surface area (Å²) in [6.07, 6.45) is 7.16. The Morgan fingerprint density at radius 1 is 1.14 bits per heavy atom. The van der Waals surface area contributed by atoms with Crippen LogP contribution in [0.25, 0.3) is 0 Å². The molecule has 2 aliphatic heterocycles. The number of piperidine rings is 2. The topological polar surface area (TPSA) is 98.7 Å². The summed E-state index contributed by atoms with van der Waals surface area (Å²) in [5, 5.41) is 15.3. The van der Waals surface area contributed by atoms with Crippen molar-refractivity contribution in [2.45, 2.75) is 25.7 Å². The van der Waals surface area contributed by atoms with Gasteiger partial charge in [-0.3, -0.25) is 9.59 Å². The number of nitrogens with one attached hydrogen (secondary N) is 2. The van der Waals surface area contributed by atoms with Gasteiger partial charge in [-0.1, -0.05) is 18.2 Å². The van der Waals surface area contributed by atoms with Crippen LogP contribution in [-0.2, 0) is 9.59 Å². The number of carbonyl (C=O) groups is 3. The third kappa shape index (κ3) is 5.19. The van der Waals surface area contributed by atoms with Gasteiger partial charge in [0.05, 0.1) is 17.2 Å².